The van der Waals surface area contributed by atoms with Crippen molar-refractivity contribution >= 4 is 0 Å². The highest BCUT2D eigenvalue weighted by Gasteiger charge is 2.14. The number of hydrogen-bond acceptors (Lipinski definition) is 3. The van der Waals surface area contributed by atoms with Crippen molar-refractivity contribution in [2.75, 3.05) is 0 Å². The van der Waals surface area contributed by atoms with Gasteiger partial charge in [0.05, 0.1) is 0 Å². The van der Waals surface area contributed by atoms with E-state index in [1.807, 2.05) is 36.4 Å². The molecule has 2 aliphatic rings. The molecule has 0 aromatic heterocycles. The fourth-order valence-electron chi connectivity index (χ4n) is 1.63. The van der Waals surface area contributed by atoms with Crippen LogP contribution in [-0.4, -0.2) is 19.9 Å². The monoisotopic (exact) mass is 211 g/mol. The lowest BCUT2D eigenvalue weighted by atomic mass is 10.2. The zero-order valence-electron chi connectivity index (χ0n) is 8.41. The van der Waals surface area contributed by atoms with Crippen molar-refractivity contribution in [2.45, 2.75) is 0 Å². The Bertz CT molecular complexity index is 589. The number of rotatable bonds is 1. The lowest BCUT2D eigenvalue weighted by Crippen LogP contribution is -1.96. The van der Waals surface area contributed by atoms with E-state index in [2.05, 4.69) is 9.97 Å². The Hall–Kier alpha value is -2.36. The molecule has 1 N–H and O–H groups in total. The summed E-state index contributed by atoms with van der Waals surface area (Å²) in [4.78, 5) is 8.64. The van der Waals surface area contributed by atoms with E-state index in [4.69, 9.17) is 0 Å². The first kappa shape index (κ1) is 8.91. The van der Waals surface area contributed by atoms with Crippen LogP contribution in [0.2, 0.25) is 0 Å². The van der Waals surface area contributed by atoms with Gasteiger partial charge in [-0.05, 0) is 12.1 Å². The summed E-state index contributed by atoms with van der Waals surface area (Å²) in [7, 11) is 0. The molecule has 0 fully saturated rings. The zero-order chi connectivity index (χ0) is 11.0. The van der Waals surface area contributed by atoms with Crippen molar-refractivity contribution in [1.82, 2.24) is 14.7 Å². The first-order chi connectivity index (χ1) is 7.84. The maximum absolute atomic E-state index is 9.55. The van der Waals surface area contributed by atoms with Crippen LogP contribution in [0.5, 0.6) is 0 Å². The van der Waals surface area contributed by atoms with Crippen LogP contribution in [0.4, 0.5) is 0 Å². The molecule has 78 valence electrons. The highest BCUT2D eigenvalue weighted by molar-refractivity contribution is 5.63. The number of imidazole rings is 1. The molecule has 0 aliphatic carbocycles. The van der Waals surface area contributed by atoms with Crippen LogP contribution in [0, 0.1) is 0 Å². The largest absolute Gasteiger partial charge is 0.427 e. The minimum Gasteiger partial charge on any atom is -0.427 e. The van der Waals surface area contributed by atoms with Crippen LogP contribution in [0.3, 0.4) is 0 Å². The molecule has 16 heavy (non-hydrogen) atoms. The molecule has 0 atom stereocenters. The Morgan fingerprint density at radius 3 is 2.50 bits per heavy atom. The van der Waals surface area contributed by atoms with Gasteiger partial charge in [-0.1, -0.05) is 30.3 Å². The number of nitrogens with zero attached hydrogens (tertiary/aromatic N) is 3. The molecule has 0 radical (unpaired) electrons. The van der Waals surface area contributed by atoms with Gasteiger partial charge in [-0.15, -0.1) is 0 Å². The number of aromatic nitrogens is 3. The third kappa shape index (κ3) is 1.32. The molecule has 1 aromatic carbocycles. The predicted molar refractivity (Wildman–Crippen MR) is 59.3 cm³/mol. The number of pyridine rings is 1. The number of hydrogen-bond donors (Lipinski definition) is 1. The van der Waals surface area contributed by atoms with Crippen LogP contribution < -0.4 is 0 Å². The Morgan fingerprint density at radius 2 is 1.75 bits per heavy atom. The average Bonchev–Trinajstić information content (AvgIpc) is 2.76. The Morgan fingerprint density at radius 1 is 0.938 bits per heavy atom. The average molecular weight is 211 g/mol. The Balaban J connectivity index is 2.21. The lowest BCUT2D eigenvalue weighted by Gasteiger charge is -1.99. The highest BCUT2D eigenvalue weighted by atomic mass is 16.5. The van der Waals surface area contributed by atoms with E-state index in [1.54, 1.807) is 6.07 Å². The quantitative estimate of drug-likeness (QED) is 0.628. The van der Waals surface area contributed by atoms with Crippen LogP contribution in [-0.2, 0) is 0 Å². The summed E-state index contributed by atoms with van der Waals surface area (Å²) in [5, 5.41) is 9.55. The second-order valence-corrected chi connectivity index (χ2v) is 3.47. The van der Waals surface area contributed by atoms with E-state index in [0.29, 0.717) is 17.3 Å². The summed E-state index contributed by atoms with van der Waals surface area (Å²) in [5.41, 5.74) is 1.63. The van der Waals surface area contributed by atoms with Crippen LogP contribution in [0.25, 0.3) is 22.9 Å². The molecule has 0 unspecified atom stereocenters. The van der Waals surface area contributed by atoms with Crippen molar-refractivity contribution in [1.29, 1.82) is 0 Å². The molecule has 2 heterocycles. The van der Waals surface area contributed by atoms with E-state index in [0.717, 1.165) is 10.3 Å². The van der Waals surface area contributed by atoms with E-state index in [-0.39, 0.29) is 0 Å². The highest BCUT2D eigenvalue weighted by Crippen LogP contribution is 2.23. The van der Waals surface area contributed by atoms with Gasteiger partial charge in [-0.25, -0.2) is 9.97 Å². The third-order valence-electron chi connectivity index (χ3n) is 2.40. The van der Waals surface area contributed by atoms with Gasteiger partial charge in [-0.2, -0.15) is 4.73 Å². The van der Waals surface area contributed by atoms with Gasteiger partial charge in [-0.3, -0.25) is 0 Å². The minimum absolute atomic E-state index is 0.473. The molecule has 0 bridgehead atoms. The van der Waals surface area contributed by atoms with E-state index in [1.165, 1.54) is 6.20 Å². The number of fused-ring (bicyclic) bond motifs is 1. The Kier molecular flexibility index (Phi) is 1.86. The van der Waals surface area contributed by atoms with E-state index >= 15 is 0 Å². The molecular weight excluding hydrogens is 202 g/mol. The van der Waals surface area contributed by atoms with Gasteiger partial charge in [0.1, 0.15) is 5.69 Å². The molecule has 0 saturated heterocycles. The SMILES string of the molecule is On1cccc2nc(-c3ccccc3)nc1-2. The smallest absolute Gasteiger partial charge is 0.195 e. The summed E-state index contributed by atoms with van der Waals surface area (Å²) >= 11 is 0. The normalized spacial score (nSPS) is 10.8. The van der Waals surface area contributed by atoms with Crippen LogP contribution in [0.1, 0.15) is 0 Å². The lowest BCUT2D eigenvalue weighted by molar-refractivity contribution is 0.186. The topological polar surface area (TPSA) is 50.9 Å². The maximum Gasteiger partial charge on any atom is 0.195 e. The van der Waals surface area contributed by atoms with Crippen molar-refractivity contribution in [3.63, 3.8) is 0 Å². The number of benzene rings is 1. The fourth-order valence-corrected chi connectivity index (χ4v) is 1.63. The van der Waals surface area contributed by atoms with Crippen molar-refractivity contribution in [2.24, 2.45) is 0 Å². The molecule has 0 saturated carbocycles. The summed E-state index contributed by atoms with van der Waals surface area (Å²) in [6.07, 6.45) is 1.53. The molecule has 1 aromatic rings. The predicted octanol–water partition coefficient (Wildman–Crippen LogP) is 2.29. The third-order valence-corrected chi connectivity index (χ3v) is 2.40. The van der Waals surface area contributed by atoms with E-state index < -0.39 is 0 Å². The molecule has 4 heteroatoms. The van der Waals surface area contributed by atoms with Gasteiger partial charge >= 0.3 is 0 Å². The zero-order valence-corrected chi connectivity index (χ0v) is 8.41. The summed E-state index contributed by atoms with van der Waals surface area (Å²) in [5.74, 6) is 1.10. The maximum atomic E-state index is 9.55. The van der Waals surface area contributed by atoms with Crippen LogP contribution in [0.15, 0.2) is 48.7 Å². The summed E-state index contributed by atoms with van der Waals surface area (Å²) in [6.45, 7) is 0. The first-order valence-corrected chi connectivity index (χ1v) is 4.94. The van der Waals surface area contributed by atoms with Gasteiger partial charge in [0.25, 0.3) is 0 Å². The van der Waals surface area contributed by atoms with Gasteiger partial charge in [0, 0.05) is 11.8 Å². The van der Waals surface area contributed by atoms with Gasteiger partial charge in [0.2, 0.25) is 0 Å². The second-order valence-electron chi connectivity index (χ2n) is 3.47. The molecule has 4 nitrogen and oxygen atoms in total. The molecule has 0 spiro atoms. The molecule has 3 rings (SSSR count). The second kappa shape index (κ2) is 3.34. The first-order valence-electron chi connectivity index (χ1n) is 4.94. The summed E-state index contributed by atoms with van der Waals surface area (Å²) < 4.78 is 0.981. The molecule has 2 aliphatic heterocycles. The van der Waals surface area contributed by atoms with Gasteiger partial charge < -0.3 is 5.21 Å². The minimum atomic E-state index is 0.473. The molecule has 0 amide bonds. The fraction of sp³-hybridized carbons (Fsp3) is 0. The van der Waals surface area contributed by atoms with Crippen LogP contribution >= 0.6 is 0 Å². The van der Waals surface area contributed by atoms with Gasteiger partial charge in [0.15, 0.2) is 11.6 Å². The summed E-state index contributed by atoms with van der Waals surface area (Å²) in [6, 6.07) is 13.2. The van der Waals surface area contributed by atoms with Crippen molar-refractivity contribution < 1.29 is 5.21 Å². The standard InChI is InChI=1S/C12H9N3O/c16-15-8-4-7-10-12(15)14-11(13-10)9-5-2-1-3-6-9/h1-8,16H. The van der Waals surface area contributed by atoms with Crippen molar-refractivity contribution in [3.05, 3.63) is 48.7 Å². The molecular formula is C12H9N3O. The van der Waals surface area contributed by atoms with Crippen molar-refractivity contribution in [3.8, 4) is 22.9 Å². The van der Waals surface area contributed by atoms with E-state index in [9.17, 15) is 5.21 Å². The Labute approximate surface area is 92.1 Å².